The van der Waals surface area contributed by atoms with Gasteiger partial charge < -0.3 is 36.5 Å². The number of aliphatic carboxylic acids is 1. The summed E-state index contributed by atoms with van der Waals surface area (Å²) in [5, 5.41) is 23.9. The van der Waals surface area contributed by atoms with Crippen molar-refractivity contribution in [2.45, 2.75) is 56.8 Å². The topological polar surface area (TPSA) is 191 Å². The molecule has 2 heterocycles. The molecule has 1 aliphatic rings. The van der Waals surface area contributed by atoms with Crippen molar-refractivity contribution >= 4 is 23.7 Å². The minimum atomic E-state index is -1.23. The monoisotopic (exact) mass is 486 g/mol. The third kappa shape index (κ3) is 6.79. The number of phenols is 1. The van der Waals surface area contributed by atoms with Gasteiger partial charge in [0.05, 0.1) is 12.4 Å². The molecule has 4 atom stereocenters. The number of amides is 3. The van der Waals surface area contributed by atoms with Crippen LogP contribution in [0.3, 0.4) is 0 Å². The van der Waals surface area contributed by atoms with Gasteiger partial charge in [0.25, 0.3) is 0 Å². The zero-order chi connectivity index (χ0) is 25.5. The van der Waals surface area contributed by atoms with Gasteiger partial charge in [-0.25, -0.2) is 9.78 Å². The minimum absolute atomic E-state index is 0.00114. The number of aromatic nitrogens is 2. The molecule has 0 bridgehead atoms. The molecule has 2 aromatic rings. The number of rotatable bonds is 10. The molecule has 7 N–H and O–H groups in total. The second-order valence-electron chi connectivity index (χ2n) is 8.58. The molecule has 0 saturated carbocycles. The molecule has 1 saturated heterocycles. The fraction of sp³-hybridized carbons (Fsp3) is 0.435. The second kappa shape index (κ2) is 11.5. The number of nitrogens with zero attached hydrogens (tertiary/aromatic N) is 2. The number of carboxylic acid groups (broad SMARTS) is 1. The number of nitrogens with two attached hydrogens (primary N) is 1. The van der Waals surface area contributed by atoms with E-state index in [4.69, 9.17) is 5.73 Å². The van der Waals surface area contributed by atoms with Crippen LogP contribution >= 0.6 is 0 Å². The second-order valence-corrected chi connectivity index (χ2v) is 8.58. The molecule has 0 aliphatic carbocycles. The van der Waals surface area contributed by atoms with Gasteiger partial charge in [-0.3, -0.25) is 14.4 Å². The summed E-state index contributed by atoms with van der Waals surface area (Å²) < 4.78 is 0. The summed E-state index contributed by atoms with van der Waals surface area (Å²) in [6, 6.07) is 2.11. The summed E-state index contributed by atoms with van der Waals surface area (Å²) >= 11 is 0. The van der Waals surface area contributed by atoms with Crippen LogP contribution in [0.4, 0.5) is 0 Å². The lowest BCUT2D eigenvalue weighted by Crippen LogP contribution is -2.56. The van der Waals surface area contributed by atoms with Gasteiger partial charge in [-0.05, 0) is 37.5 Å². The molecule has 1 aromatic carbocycles. The van der Waals surface area contributed by atoms with Gasteiger partial charge in [0, 0.05) is 31.3 Å². The number of likely N-dealkylation sites (tertiary alicyclic amines) is 1. The van der Waals surface area contributed by atoms with Crippen molar-refractivity contribution in [2.24, 2.45) is 5.73 Å². The van der Waals surface area contributed by atoms with E-state index in [0.717, 1.165) is 0 Å². The molecular weight excluding hydrogens is 456 g/mol. The van der Waals surface area contributed by atoms with Crippen molar-refractivity contribution in [2.75, 3.05) is 6.54 Å². The van der Waals surface area contributed by atoms with E-state index >= 15 is 0 Å². The molecule has 35 heavy (non-hydrogen) atoms. The van der Waals surface area contributed by atoms with Crippen LogP contribution in [0.2, 0.25) is 0 Å². The van der Waals surface area contributed by atoms with E-state index in [9.17, 15) is 29.4 Å². The van der Waals surface area contributed by atoms with Crippen molar-refractivity contribution in [1.29, 1.82) is 0 Å². The first-order valence-corrected chi connectivity index (χ1v) is 11.3. The standard InChI is InChI=1S/C23H30N6O6/c1-13(20(31)28-18(23(34)35)9-14-4-6-16(30)7-5-14)27-21(32)19-3-2-8-29(19)22(33)17(24)10-15-11-25-12-26-15/h4-7,11-13,17-19,30H,2-3,8-10,24H2,1H3,(H,25,26)(H,27,32)(H,28,31)(H,34,35). The molecular formula is C23H30N6O6. The van der Waals surface area contributed by atoms with Crippen molar-refractivity contribution < 1.29 is 29.4 Å². The Bertz CT molecular complexity index is 1040. The van der Waals surface area contributed by atoms with Crippen LogP contribution in [-0.2, 0) is 32.0 Å². The number of H-pyrrole nitrogens is 1. The largest absolute Gasteiger partial charge is 0.508 e. The maximum atomic E-state index is 12.9. The molecule has 0 radical (unpaired) electrons. The summed E-state index contributed by atoms with van der Waals surface area (Å²) in [6.45, 7) is 1.82. The molecule has 1 aromatic heterocycles. The Kier molecular flexibility index (Phi) is 8.42. The van der Waals surface area contributed by atoms with Gasteiger partial charge in [-0.1, -0.05) is 12.1 Å². The number of nitrogens with one attached hydrogen (secondary N) is 3. The Labute approximate surface area is 201 Å². The van der Waals surface area contributed by atoms with Gasteiger partial charge in [-0.15, -0.1) is 0 Å². The smallest absolute Gasteiger partial charge is 0.326 e. The highest BCUT2D eigenvalue weighted by molar-refractivity contribution is 5.94. The lowest BCUT2D eigenvalue weighted by Gasteiger charge is -2.27. The van der Waals surface area contributed by atoms with Crippen LogP contribution in [0.25, 0.3) is 0 Å². The maximum absolute atomic E-state index is 12.9. The van der Waals surface area contributed by atoms with Gasteiger partial charge in [0.2, 0.25) is 17.7 Å². The Morgan fingerprint density at radius 1 is 1.20 bits per heavy atom. The molecule has 188 valence electrons. The highest BCUT2D eigenvalue weighted by Crippen LogP contribution is 2.19. The first-order chi connectivity index (χ1) is 16.7. The summed E-state index contributed by atoms with van der Waals surface area (Å²) in [5.41, 5.74) is 7.37. The first-order valence-electron chi connectivity index (χ1n) is 11.3. The van der Waals surface area contributed by atoms with Gasteiger partial charge in [-0.2, -0.15) is 0 Å². The predicted octanol–water partition coefficient (Wildman–Crippen LogP) is -0.707. The SMILES string of the molecule is CC(NC(=O)C1CCCN1C(=O)C(N)Cc1cnc[nH]1)C(=O)NC(Cc1ccc(O)cc1)C(=O)O. The molecule has 0 spiro atoms. The number of imidazole rings is 1. The Hall–Kier alpha value is -3.93. The third-order valence-corrected chi connectivity index (χ3v) is 5.89. The van der Waals surface area contributed by atoms with E-state index in [0.29, 0.717) is 30.6 Å². The Balaban J connectivity index is 1.56. The molecule has 4 unspecified atom stereocenters. The normalized spacial score (nSPS) is 17.9. The molecule has 1 aliphatic heterocycles. The summed E-state index contributed by atoms with van der Waals surface area (Å²) in [4.78, 5) is 58.2. The van der Waals surface area contributed by atoms with Crippen LogP contribution < -0.4 is 16.4 Å². The number of hydrogen-bond donors (Lipinski definition) is 6. The lowest BCUT2D eigenvalue weighted by molar-refractivity contribution is -0.143. The van der Waals surface area contributed by atoms with Crippen molar-refractivity contribution in [3.8, 4) is 5.75 Å². The molecule has 12 heteroatoms. The van der Waals surface area contributed by atoms with Crippen LogP contribution in [0.5, 0.6) is 5.75 Å². The minimum Gasteiger partial charge on any atom is -0.508 e. The number of aromatic hydroxyl groups is 1. The Morgan fingerprint density at radius 3 is 2.54 bits per heavy atom. The molecule has 3 rings (SSSR count). The number of hydrogen-bond acceptors (Lipinski definition) is 7. The number of carboxylic acids is 1. The first kappa shape index (κ1) is 25.7. The fourth-order valence-electron chi connectivity index (χ4n) is 3.98. The number of carbonyl (C=O) groups excluding carboxylic acids is 3. The highest BCUT2D eigenvalue weighted by Gasteiger charge is 2.37. The van der Waals surface area contributed by atoms with Crippen molar-refractivity contribution in [3.05, 3.63) is 48.0 Å². The third-order valence-electron chi connectivity index (χ3n) is 5.89. The van der Waals surface area contributed by atoms with E-state index < -0.39 is 42.0 Å². The molecule has 12 nitrogen and oxygen atoms in total. The zero-order valence-electron chi connectivity index (χ0n) is 19.3. The zero-order valence-corrected chi connectivity index (χ0v) is 19.3. The van der Waals surface area contributed by atoms with Gasteiger partial charge in [0.15, 0.2) is 0 Å². The van der Waals surface area contributed by atoms with E-state index in [-0.39, 0.29) is 24.5 Å². The van der Waals surface area contributed by atoms with Crippen LogP contribution in [-0.4, -0.2) is 79.5 Å². The van der Waals surface area contributed by atoms with E-state index in [1.165, 1.54) is 30.3 Å². The van der Waals surface area contributed by atoms with Crippen molar-refractivity contribution in [3.63, 3.8) is 0 Å². The highest BCUT2D eigenvalue weighted by atomic mass is 16.4. The Morgan fingerprint density at radius 2 is 1.91 bits per heavy atom. The average molecular weight is 487 g/mol. The molecule has 3 amide bonds. The van der Waals surface area contributed by atoms with E-state index in [2.05, 4.69) is 20.6 Å². The predicted molar refractivity (Wildman–Crippen MR) is 124 cm³/mol. The average Bonchev–Trinajstić information content (AvgIpc) is 3.51. The van der Waals surface area contributed by atoms with Gasteiger partial charge in [0.1, 0.15) is 23.9 Å². The van der Waals surface area contributed by atoms with E-state index in [1.807, 2.05) is 0 Å². The summed E-state index contributed by atoms with van der Waals surface area (Å²) in [5.74, 6) is -2.73. The van der Waals surface area contributed by atoms with E-state index in [1.54, 1.807) is 18.3 Å². The number of aromatic amines is 1. The lowest BCUT2D eigenvalue weighted by atomic mass is 10.1. The fourth-order valence-corrected chi connectivity index (χ4v) is 3.98. The van der Waals surface area contributed by atoms with Crippen LogP contribution in [0.1, 0.15) is 31.0 Å². The van der Waals surface area contributed by atoms with Crippen molar-refractivity contribution in [1.82, 2.24) is 25.5 Å². The van der Waals surface area contributed by atoms with Gasteiger partial charge >= 0.3 is 5.97 Å². The molecule has 1 fully saturated rings. The number of benzene rings is 1. The quantitative estimate of drug-likeness (QED) is 0.254. The number of carbonyl (C=O) groups is 4. The summed E-state index contributed by atoms with van der Waals surface area (Å²) in [6.07, 6.45) is 4.37. The maximum Gasteiger partial charge on any atom is 0.326 e. The van der Waals surface area contributed by atoms with Crippen LogP contribution in [0, 0.1) is 0 Å². The summed E-state index contributed by atoms with van der Waals surface area (Å²) in [7, 11) is 0. The number of phenolic OH excluding ortho intramolecular Hbond substituents is 1. The van der Waals surface area contributed by atoms with Crippen LogP contribution in [0.15, 0.2) is 36.8 Å².